The number of Topliss-reactive ketones (excluding diaryl/α,β-unsaturated/α-hetero) is 2. The van der Waals surface area contributed by atoms with E-state index in [4.69, 9.17) is 0 Å². The molecule has 10 nitrogen and oxygen atoms in total. The molecule has 186 valence electrons. The zero-order valence-corrected chi connectivity index (χ0v) is 20.6. The maximum Gasteiger partial charge on any atom is 0.240 e. The van der Waals surface area contributed by atoms with Gasteiger partial charge in [0.25, 0.3) is 0 Å². The second-order valence-electron chi connectivity index (χ2n) is 8.19. The van der Waals surface area contributed by atoms with Gasteiger partial charge in [-0.15, -0.1) is 0 Å². The van der Waals surface area contributed by atoms with Gasteiger partial charge in [-0.1, -0.05) is 24.3 Å². The summed E-state index contributed by atoms with van der Waals surface area (Å²) in [4.78, 5) is 25.0. The Labute approximate surface area is 218 Å². The number of ketones is 2. The molecule has 2 N–H and O–H groups in total. The molecule has 0 amide bonds. The van der Waals surface area contributed by atoms with E-state index in [1.165, 1.54) is 0 Å². The third kappa shape index (κ3) is 5.56. The Morgan fingerprint density at radius 1 is 0.658 bits per heavy atom. The fraction of sp³-hybridized carbons (Fsp3) is 0.0714. The van der Waals surface area contributed by atoms with Crippen molar-refractivity contribution in [3.05, 3.63) is 96.6 Å². The summed E-state index contributed by atoms with van der Waals surface area (Å²) in [6.07, 6.45) is 3.45. The molecular formula is C28H22N8O2. The van der Waals surface area contributed by atoms with Gasteiger partial charge in [0, 0.05) is 26.5 Å². The van der Waals surface area contributed by atoms with Gasteiger partial charge in [-0.25, -0.2) is 0 Å². The molecule has 2 heterocycles. The third-order valence-corrected chi connectivity index (χ3v) is 5.69. The zero-order valence-electron chi connectivity index (χ0n) is 20.6. The highest BCUT2D eigenvalue weighted by atomic mass is 16.1. The summed E-state index contributed by atoms with van der Waals surface area (Å²) in [6.45, 7) is 0. The van der Waals surface area contributed by atoms with Crippen LogP contribution in [-0.2, 0) is 14.1 Å². The van der Waals surface area contributed by atoms with Gasteiger partial charge in [0.2, 0.25) is 23.0 Å². The van der Waals surface area contributed by atoms with Crippen LogP contribution in [0.1, 0.15) is 21.0 Å². The van der Waals surface area contributed by atoms with E-state index < -0.39 is 11.6 Å². The lowest BCUT2D eigenvalue weighted by molar-refractivity contribution is 0.105. The molecular weight excluding hydrogens is 480 g/mol. The summed E-state index contributed by atoms with van der Waals surface area (Å²) < 4.78 is 3.26. The Balaban J connectivity index is 1.40. The highest BCUT2D eigenvalue weighted by Gasteiger charge is 2.17. The maximum atomic E-state index is 12.5. The van der Waals surface area contributed by atoms with Crippen molar-refractivity contribution in [1.29, 1.82) is 10.5 Å². The molecule has 0 aliphatic carbocycles. The van der Waals surface area contributed by atoms with Crippen LogP contribution >= 0.6 is 0 Å². The summed E-state index contributed by atoms with van der Waals surface area (Å²) in [7, 11) is 3.45. The number of aromatic nitrogens is 2. The Morgan fingerprint density at radius 3 is 1.32 bits per heavy atom. The van der Waals surface area contributed by atoms with E-state index in [1.807, 2.05) is 36.4 Å². The van der Waals surface area contributed by atoms with Crippen molar-refractivity contribution in [1.82, 2.24) is 9.13 Å². The van der Waals surface area contributed by atoms with Crippen LogP contribution in [0.4, 0.5) is 11.4 Å². The van der Waals surface area contributed by atoms with Crippen molar-refractivity contribution in [3.63, 3.8) is 0 Å². The number of rotatable bonds is 9. The highest BCUT2D eigenvalue weighted by Crippen LogP contribution is 2.23. The first-order valence-corrected chi connectivity index (χ1v) is 11.4. The molecule has 38 heavy (non-hydrogen) atoms. The topological polar surface area (TPSA) is 140 Å². The monoisotopic (exact) mass is 502 g/mol. The van der Waals surface area contributed by atoms with Crippen molar-refractivity contribution >= 4 is 34.4 Å². The number of hydrazone groups is 2. The number of nitrogens with zero attached hydrogens (tertiary/aromatic N) is 6. The van der Waals surface area contributed by atoms with Crippen LogP contribution in [0.25, 0.3) is 11.1 Å². The van der Waals surface area contributed by atoms with Crippen LogP contribution in [0.2, 0.25) is 0 Å². The molecule has 0 fully saturated rings. The van der Waals surface area contributed by atoms with Crippen molar-refractivity contribution < 1.29 is 9.59 Å². The number of anilines is 2. The number of benzene rings is 2. The molecule has 0 radical (unpaired) electrons. The number of aryl methyl sites for hydroxylation is 2. The summed E-state index contributed by atoms with van der Waals surface area (Å²) in [5, 5.41) is 26.6. The van der Waals surface area contributed by atoms with Crippen LogP contribution in [0.3, 0.4) is 0 Å². The second-order valence-corrected chi connectivity index (χ2v) is 8.19. The molecule has 0 aliphatic rings. The molecule has 0 saturated carbocycles. The van der Waals surface area contributed by atoms with E-state index in [9.17, 15) is 20.1 Å². The summed E-state index contributed by atoms with van der Waals surface area (Å²) >= 11 is 0. The van der Waals surface area contributed by atoms with Crippen molar-refractivity contribution in [2.75, 3.05) is 10.9 Å². The normalized spacial score (nSPS) is 11.4. The van der Waals surface area contributed by atoms with Gasteiger partial charge in [0.05, 0.1) is 22.8 Å². The van der Waals surface area contributed by atoms with Crippen molar-refractivity contribution in [2.24, 2.45) is 24.3 Å². The van der Waals surface area contributed by atoms with Gasteiger partial charge in [-0.05, 0) is 59.7 Å². The summed E-state index contributed by atoms with van der Waals surface area (Å²) in [6, 6.07) is 25.0. The molecule has 4 aromatic rings. The quantitative estimate of drug-likeness (QED) is 0.198. The minimum Gasteiger partial charge on any atom is -0.348 e. The van der Waals surface area contributed by atoms with Gasteiger partial charge in [0.15, 0.2) is 0 Å². The number of carbonyl (C=O) groups is 2. The summed E-state index contributed by atoms with van der Waals surface area (Å²) in [5.74, 6) is -0.929. The van der Waals surface area contributed by atoms with Gasteiger partial charge >= 0.3 is 0 Å². The minimum atomic E-state index is -0.464. The molecule has 0 aliphatic heterocycles. The Hall–Kier alpha value is -5.74. The Kier molecular flexibility index (Phi) is 7.56. The van der Waals surface area contributed by atoms with Crippen molar-refractivity contribution in [3.8, 4) is 23.3 Å². The average Bonchev–Trinajstić information content (AvgIpc) is 3.57. The molecule has 2 aromatic carbocycles. The van der Waals surface area contributed by atoms with E-state index >= 15 is 0 Å². The predicted octanol–water partition coefficient (Wildman–Crippen LogP) is 4.38. The summed E-state index contributed by atoms with van der Waals surface area (Å²) in [5.41, 5.74) is 8.84. The number of hydrogen-bond donors (Lipinski definition) is 2. The van der Waals surface area contributed by atoms with Gasteiger partial charge in [-0.3, -0.25) is 20.4 Å². The molecule has 0 atom stereocenters. The van der Waals surface area contributed by atoms with Gasteiger partial charge < -0.3 is 9.13 Å². The van der Waals surface area contributed by atoms with E-state index in [0.717, 1.165) is 11.1 Å². The maximum absolute atomic E-state index is 12.5. The fourth-order valence-electron chi connectivity index (χ4n) is 3.61. The van der Waals surface area contributed by atoms with E-state index in [1.54, 1.807) is 84.2 Å². The van der Waals surface area contributed by atoms with Gasteiger partial charge in [-0.2, -0.15) is 20.7 Å². The number of hydrogen-bond acceptors (Lipinski definition) is 8. The number of nitrogens with one attached hydrogen (secondary N) is 2. The van der Waals surface area contributed by atoms with E-state index in [2.05, 4.69) is 21.1 Å². The number of nitriles is 2. The largest absolute Gasteiger partial charge is 0.348 e. The van der Waals surface area contributed by atoms with E-state index in [0.29, 0.717) is 22.8 Å². The van der Waals surface area contributed by atoms with Crippen LogP contribution in [0.5, 0.6) is 0 Å². The fourth-order valence-corrected chi connectivity index (χ4v) is 3.61. The van der Waals surface area contributed by atoms with Crippen LogP contribution in [0.15, 0.2) is 95.4 Å². The molecule has 0 unspecified atom stereocenters. The molecule has 0 saturated heterocycles. The molecule has 0 bridgehead atoms. The van der Waals surface area contributed by atoms with Gasteiger partial charge in [0.1, 0.15) is 12.1 Å². The van der Waals surface area contributed by atoms with E-state index in [-0.39, 0.29) is 11.4 Å². The first-order chi connectivity index (χ1) is 18.4. The van der Waals surface area contributed by atoms with Crippen LogP contribution < -0.4 is 10.9 Å². The van der Waals surface area contributed by atoms with Crippen LogP contribution in [0, 0.1) is 22.7 Å². The Morgan fingerprint density at radius 2 is 1.03 bits per heavy atom. The molecule has 0 spiro atoms. The molecule has 10 heteroatoms. The average molecular weight is 503 g/mol. The lowest BCUT2D eigenvalue weighted by atomic mass is 10.1. The highest BCUT2D eigenvalue weighted by molar-refractivity contribution is 6.51. The first kappa shape index (κ1) is 25.4. The predicted molar refractivity (Wildman–Crippen MR) is 145 cm³/mol. The smallest absolute Gasteiger partial charge is 0.240 e. The Bertz CT molecular complexity index is 1500. The number of carbonyl (C=O) groups excluding carboxylic acids is 2. The van der Waals surface area contributed by atoms with Crippen LogP contribution in [-0.4, -0.2) is 32.1 Å². The second kappa shape index (κ2) is 11.3. The van der Waals surface area contributed by atoms with Crippen molar-refractivity contribution in [2.45, 2.75) is 0 Å². The minimum absolute atomic E-state index is 0.244. The lowest BCUT2D eigenvalue weighted by Crippen LogP contribution is -2.17. The SMILES string of the molecule is Cn1cccc1C(=O)/C(C#N)=N/Nc1ccc(-c2ccc(N/N=C(\C#N)C(=O)c3cccn3C)cc2)cc1. The molecule has 2 aromatic heterocycles. The third-order valence-electron chi connectivity index (χ3n) is 5.69. The molecule has 4 rings (SSSR count). The standard InChI is InChI=1S/C28H22N8O2/c1-35-15-3-5-25(35)27(37)23(17-29)33-31-21-11-7-19(8-12-21)20-9-13-22(14-10-20)32-34-24(18-30)28(38)26-6-4-16-36(26)2/h3-16,31-32H,1-2H3/b33-23+,34-24+. The first-order valence-electron chi connectivity index (χ1n) is 11.4. The zero-order chi connectivity index (χ0) is 27.1. The lowest BCUT2D eigenvalue weighted by Gasteiger charge is -2.07.